The molecular weight excluding hydrogens is 440 g/mol. The lowest BCUT2D eigenvalue weighted by Crippen LogP contribution is -2.38. The van der Waals surface area contributed by atoms with Gasteiger partial charge in [0.05, 0.1) is 34.1 Å². The van der Waals surface area contributed by atoms with Crippen LogP contribution in [0.15, 0.2) is 97.1 Å². The highest BCUT2D eigenvalue weighted by Crippen LogP contribution is 2.44. The molecule has 0 atom stereocenters. The number of para-hydroxylation sites is 2. The van der Waals surface area contributed by atoms with E-state index in [0.717, 1.165) is 35.8 Å². The van der Waals surface area contributed by atoms with Crippen molar-refractivity contribution in [2.24, 2.45) is 0 Å². The lowest BCUT2D eigenvalue weighted by Gasteiger charge is -2.41. The van der Waals surface area contributed by atoms with E-state index in [0.29, 0.717) is 0 Å². The molecule has 4 aromatic carbocycles. The van der Waals surface area contributed by atoms with Crippen molar-refractivity contribution in [1.82, 2.24) is 0 Å². The zero-order chi connectivity index (χ0) is 25.7. The molecule has 0 amide bonds. The van der Waals surface area contributed by atoms with E-state index in [2.05, 4.69) is 159 Å². The first-order chi connectivity index (χ1) is 17.4. The van der Waals surface area contributed by atoms with Crippen LogP contribution >= 0.6 is 0 Å². The smallest absolute Gasteiger partial charge is 0.0891 e. The molecule has 4 heteroatoms. The Morgan fingerprint density at radius 2 is 0.972 bits per heavy atom. The van der Waals surface area contributed by atoms with Gasteiger partial charge in [0.1, 0.15) is 0 Å². The van der Waals surface area contributed by atoms with Crippen LogP contribution in [-0.2, 0) is 0 Å². The first kappa shape index (κ1) is 25.2. The summed E-state index contributed by atoms with van der Waals surface area (Å²) in [5.74, 6) is 0. The van der Waals surface area contributed by atoms with Gasteiger partial charge in [-0.05, 0) is 76.2 Å². The highest BCUT2D eigenvalue weighted by Gasteiger charge is 2.27. The second kappa shape index (κ2) is 11.2. The Morgan fingerprint density at radius 1 is 0.500 bits per heavy atom. The molecule has 0 aliphatic heterocycles. The third kappa shape index (κ3) is 5.18. The third-order valence-electron chi connectivity index (χ3n) is 6.54. The number of hydrazine groups is 1. The number of anilines is 6. The van der Waals surface area contributed by atoms with Crippen molar-refractivity contribution in [2.45, 2.75) is 27.7 Å². The fourth-order valence-electron chi connectivity index (χ4n) is 4.60. The maximum atomic E-state index is 2.45. The van der Waals surface area contributed by atoms with Crippen LogP contribution in [0.25, 0.3) is 0 Å². The molecule has 0 radical (unpaired) electrons. The van der Waals surface area contributed by atoms with Crippen molar-refractivity contribution in [3.8, 4) is 0 Å². The Kier molecular flexibility index (Phi) is 7.84. The zero-order valence-corrected chi connectivity index (χ0v) is 22.4. The molecule has 0 aliphatic carbocycles. The van der Waals surface area contributed by atoms with E-state index in [1.807, 2.05) is 0 Å². The molecular formula is C32H38N4. The Balaban J connectivity index is 2.06. The number of rotatable bonds is 9. The van der Waals surface area contributed by atoms with Crippen LogP contribution < -0.4 is 19.8 Å². The second-order valence-corrected chi connectivity index (χ2v) is 9.34. The molecule has 186 valence electrons. The van der Waals surface area contributed by atoms with Crippen molar-refractivity contribution >= 4 is 34.1 Å². The lowest BCUT2D eigenvalue weighted by atomic mass is 10.1. The molecule has 0 unspecified atom stereocenters. The van der Waals surface area contributed by atoms with Gasteiger partial charge in [-0.1, -0.05) is 59.7 Å². The van der Waals surface area contributed by atoms with E-state index in [1.165, 1.54) is 22.5 Å². The van der Waals surface area contributed by atoms with Gasteiger partial charge in [-0.25, -0.2) is 10.0 Å². The molecule has 0 heterocycles. The highest BCUT2D eigenvalue weighted by molar-refractivity contribution is 5.90. The molecule has 4 rings (SSSR count). The van der Waals surface area contributed by atoms with E-state index in [4.69, 9.17) is 0 Å². The molecule has 4 aromatic rings. The maximum Gasteiger partial charge on any atom is 0.0891 e. The van der Waals surface area contributed by atoms with Crippen molar-refractivity contribution in [3.05, 3.63) is 108 Å². The molecule has 0 aliphatic rings. The van der Waals surface area contributed by atoms with Crippen LogP contribution in [0, 0.1) is 13.8 Å². The minimum absolute atomic E-state index is 0.923. The summed E-state index contributed by atoms with van der Waals surface area (Å²) in [4.78, 5) is 4.66. The van der Waals surface area contributed by atoms with Crippen molar-refractivity contribution in [1.29, 1.82) is 0 Å². The van der Waals surface area contributed by atoms with Gasteiger partial charge in [0, 0.05) is 27.2 Å². The Bertz CT molecular complexity index is 1200. The molecule has 0 spiro atoms. The maximum absolute atomic E-state index is 2.45. The van der Waals surface area contributed by atoms with E-state index in [1.54, 1.807) is 0 Å². The van der Waals surface area contributed by atoms with Crippen molar-refractivity contribution in [2.75, 3.05) is 47.0 Å². The minimum Gasteiger partial charge on any atom is -0.376 e. The van der Waals surface area contributed by atoms with Crippen LogP contribution in [0.3, 0.4) is 0 Å². The van der Waals surface area contributed by atoms with Crippen molar-refractivity contribution < 1.29 is 0 Å². The van der Waals surface area contributed by atoms with Gasteiger partial charge in [0.25, 0.3) is 0 Å². The summed E-state index contributed by atoms with van der Waals surface area (Å²) in [5, 5.41) is 4.69. The zero-order valence-electron chi connectivity index (χ0n) is 22.4. The summed E-state index contributed by atoms with van der Waals surface area (Å²) in [7, 11) is 4.24. The van der Waals surface area contributed by atoms with Crippen LogP contribution in [-0.4, -0.2) is 27.2 Å². The summed E-state index contributed by atoms with van der Waals surface area (Å²) in [6.07, 6.45) is 0. The predicted octanol–water partition coefficient (Wildman–Crippen LogP) is 8.11. The molecule has 0 fully saturated rings. The van der Waals surface area contributed by atoms with Gasteiger partial charge in [0.2, 0.25) is 0 Å². The predicted molar refractivity (Wildman–Crippen MR) is 157 cm³/mol. The van der Waals surface area contributed by atoms with E-state index < -0.39 is 0 Å². The average Bonchev–Trinajstić information content (AvgIpc) is 2.90. The second-order valence-electron chi connectivity index (χ2n) is 9.34. The van der Waals surface area contributed by atoms with E-state index in [9.17, 15) is 0 Å². The fraction of sp³-hybridized carbons (Fsp3) is 0.250. The molecule has 0 aromatic heterocycles. The third-order valence-corrected chi connectivity index (χ3v) is 6.54. The van der Waals surface area contributed by atoms with Crippen LogP contribution in [0.5, 0.6) is 0 Å². The van der Waals surface area contributed by atoms with Crippen LogP contribution in [0.2, 0.25) is 0 Å². The van der Waals surface area contributed by atoms with Gasteiger partial charge in [-0.15, -0.1) is 0 Å². The standard InChI is InChI=1S/C32H38N4/c1-7-34(8-2)32-30(33(5)6)15-12-16-31(32)36(27-13-10-9-11-14-27)35(28-21-17-25(3)18-22-28)29-23-19-26(4)20-24-29/h9-24H,7-8H2,1-6H3. The number of nitrogens with zero attached hydrogens (tertiary/aromatic N) is 4. The van der Waals surface area contributed by atoms with Gasteiger partial charge >= 0.3 is 0 Å². The SMILES string of the molecule is CCN(CC)c1c(N(C)C)cccc1N(c1ccccc1)N(c1ccc(C)cc1)c1ccc(C)cc1. The van der Waals surface area contributed by atoms with Crippen molar-refractivity contribution in [3.63, 3.8) is 0 Å². The number of hydrogen-bond donors (Lipinski definition) is 0. The first-order valence-electron chi connectivity index (χ1n) is 12.8. The summed E-state index contributed by atoms with van der Waals surface area (Å²) >= 11 is 0. The molecule has 0 N–H and O–H groups in total. The number of benzene rings is 4. The molecule has 4 nitrogen and oxygen atoms in total. The Hall–Kier alpha value is -3.92. The normalized spacial score (nSPS) is 10.7. The number of hydrogen-bond acceptors (Lipinski definition) is 4. The summed E-state index contributed by atoms with van der Waals surface area (Å²) in [6, 6.07) is 34.8. The quantitative estimate of drug-likeness (QED) is 0.225. The fourth-order valence-corrected chi connectivity index (χ4v) is 4.60. The lowest BCUT2D eigenvalue weighted by molar-refractivity contribution is 0.855. The van der Waals surface area contributed by atoms with Gasteiger partial charge < -0.3 is 9.80 Å². The Morgan fingerprint density at radius 3 is 1.44 bits per heavy atom. The topological polar surface area (TPSA) is 13.0 Å². The van der Waals surface area contributed by atoms with E-state index in [-0.39, 0.29) is 0 Å². The summed E-state index contributed by atoms with van der Waals surface area (Å²) in [5.41, 5.74) is 9.36. The molecule has 36 heavy (non-hydrogen) atoms. The van der Waals surface area contributed by atoms with Gasteiger partial charge in [-0.2, -0.15) is 0 Å². The molecule has 0 saturated heterocycles. The van der Waals surface area contributed by atoms with Gasteiger partial charge in [-0.3, -0.25) is 0 Å². The van der Waals surface area contributed by atoms with E-state index >= 15 is 0 Å². The van der Waals surface area contributed by atoms with Crippen LogP contribution in [0.4, 0.5) is 34.1 Å². The minimum atomic E-state index is 0.923. The molecule has 0 bridgehead atoms. The molecule has 0 saturated carbocycles. The first-order valence-corrected chi connectivity index (χ1v) is 12.8. The largest absolute Gasteiger partial charge is 0.376 e. The van der Waals surface area contributed by atoms with Crippen LogP contribution in [0.1, 0.15) is 25.0 Å². The number of aryl methyl sites for hydroxylation is 2. The average molecular weight is 479 g/mol. The highest BCUT2D eigenvalue weighted by atomic mass is 15.6. The Labute approximate surface area is 217 Å². The van der Waals surface area contributed by atoms with Gasteiger partial charge in [0.15, 0.2) is 0 Å². The monoisotopic (exact) mass is 478 g/mol. The summed E-state index contributed by atoms with van der Waals surface area (Å²) < 4.78 is 0. The summed E-state index contributed by atoms with van der Waals surface area (Å²) in [6.45, 7) is 10.6.